The number of benzene rings is 2. The monoisotopic (exact) mass is 345 g/mol. The topological polar surface area (TPSA) is 58.7 Å². The van der Waals surface area contributed by atoms with E-state index in [1.54, 1.807) is 28.9 Å². The van der Waals surface area contributed by atoms with Gasteiger partial charge < -0.3 is 0 Å². The van der Waals surface area contributed by atoms with Crippen molar-refractivity contribution in [2.24, 2.45) is 0 Å². The summed E-state index contributed by atoms with van der Waals surface area (Å²) >= 11 is 0. The number of carbonyl (C=O) groups excluding carboxylic acids is 1. The molecule has 128 valence electrons. The van der Waals surface area contributed by atoms with Gasteiger partial charge in [-0.05, 0) is 42.7 Å². The highest BCUT2D eigenvalue weighted by atomic mass is 19.1. The summed E-state index contributed by atoms with van der Waals surface area (Å²) in [4.78, 5) is 12.5. The molecule has 4 nitrogen and oxygen atoms in total. The van der Waals surface area contributed by atoms with E-state index in [2.05, 4.69) is 11.2 Å². The molecular formula is C21H16FN3O. The lowest BCUT2D eigenvalue weighted by Crippen LogP contribution is -2.14. The third-order valence-electron chi connectivity index (χ3n) is 4.67. The van der Waals surface area contributed by atoms with E-state index in [0.29, 0.717) is 35.3 Å². The fraction of sp³-hybridized carbons (Fsp3) is 0.190. The van der Waals surface area contributed by atoms with Gasteiger partial charge in [-0.25, -0.2) is 4.39 Å². The van der Waals surface area contributed by atoms with Crippen molar-refractivity contribution in [2.45, 2.75) is 25.8 Å². The fourth-order valence-corrected chi connectivity index (χ4v) is 3.47. The number of rotatable bonds is 3. The third kappa shape index (κ3) is 2.80. The minimum Gasteiger partial charge on any atom is -0.294 e. The van der Waals surface area contributed by atoms with Gasteiger partial charge in [0.1, 0.15) is 11.5 Å². The predicted molar refractivity (Wildman–Crippen MR) is 95.1 cm³/mol. The van der Waals surface area contributed by atoms with Crippen LogP contribution < -0.4 is 0 Å². The Morgan fingerprint density at radius 1 is 1.15 bits per heavy atom. The molecule has 0 N–H and O–H groups in total. The van der Waals surface area contributed by atoms with Gasteiger partial charge in [-0.3, -0.25) is 9.48 Å². The Labute approximate surface area is 150 Å². The number of nitriles is 1. The molecule has 0 atom stereocenters. The smallest absolute Gasteiger partial charge is 0.166 e. The van der Waals surface area contributed by atoms with Crippen molar-refractivity contribution in [1.29, 1.82) is 5.26 Å². The van der Waals surface area contributed by atoms with Crippen molar-refractivity contribution < 1.29 is 9.18 Å². The van der Waals surface area contributed by atoms with Gasteiger partial charge in [0.05, 0.1) is 29.4 Å². The highest BCUT2D eigenvalue weighted by molar-refractivity contribution is 6.03. The van der Waals surface area contributed by atoms with Crippen LogP contribution in [0.25, 0.3) is 11.3 Å². The molecule has 0 amide bonds. The van der Waals surface area contributed by atoms with Crippen LogP contribution in [0.2, 0.25) is 0 Å². The van der Waals surface area contributed by atoms with Gasteiger partial charge in [-0.1, -0.05) is 24.3 Å². The number of fused-ring (bicyclic) bond motifs is 1. The average Bonchev–Trinajstić information content (AvgIpc) is 3.02. The van der Waals surface area contributed by atoms with Crippen LogP contribution >= 0.6 is 0 Å². The zero-order chi connectivity index (χ0) is 18.1. The number of halogens is 1. The first-order chi connectivity index (χ1) is 12.7. The first-order valence-electron chi connectivity index (χ1n) is 8.54. The Balaban J connectivity index is 1.84. The number of aromatic nitrogens is 2. The number of ketones is 1. The zero-order valence-corrected chi connectivity index (χ0v) is 14.1. The van der Waals surface area contributed by atoms with Gasteiger partial charge in [0.25, 0.3) is 0 Å². The van der Waals surface area contributed by atoms with Gasteiger partial charge in [-0.2, -0.15) is 10.4 Å². The summed E-state index contributed by atoms with van der Waals surface area (Å²) in [6.07, 6.45) is 1.97. The molecule has 26 heavy (non-hydrogen) atoms. The van der Waals surface area contributed by atoms with Gasteiger partial charge in [0.2, 0.25) is 0 Å². The molecule has 0 unspecified atom stereocenters. The van der Waals surface area contributed by atoms with E-state index >= 15 is 0 Å². The Bertz CT molecular complexity index is 1050. The van der Waals surface area contributed by atoms with E-state index < -0.39 is 0 Å². The van der Waals surface area contributed by atoms with E-state index in [9.17, 15) is 9.18 Å². The van der Waals surface area contributed by atoms with E-state index in [1.165, 1.54) is 6.07 Å². The number of hydrogen-bond acceptors (Lipinski definition) is 3. The molecule has 1 aliphatic carbocycles. The van der Waals surface area contributed by atoms with Crippen LogP contribution in [0.4, 0.5) is 4.39 Å². The molecular weight excluding hydrogens is 329 g/mol. The molecule has 0 saturated carbocycles. The van der Waals surface area contributed by atoms with E-state index in [0.717, 1.165) is 24.1 Å². The average molecular weight is 345 g/mol. The van der Waals surface area contributed by atoms with Crippen LogP contribution in [0.5, 0.6) is 0 Å². The molecule has 1 heterocycles. The standard InChI is InChI=1S/C21H16FN3O/c22-17-8-2-1-7-16(17)21-20-18(9-4-10-19(20)26)25(24-21)13-15-6-3-5-14(11-15)12-23/h1-3,5-8,11H,4,9-10,13H2. The Kier molecular flexibility index (Phi) is 4.10. The molecule has 0 saturated heterocycles. The molecule has 0 bridgehead atoms. The van der Waals surface area contributed by atoms with Gasteiger partial charge in [0.15, 0.2) is 5.78 Å². The van der Waals surface area contributed by atoms with Gasteiger partial charge in [0, 0.05) is 12.0 Å². The Hall–Kier alpha value is -3.26. The number of hydrogen-bond donors (Lipinski definition) is 0. The van der Waals surface area contributed by atoms with Gasteiger partial charge >= 0.3 is 0 Å². The maximum atomic E-state index is 14.3. The molecule has 0 aliphatic heterocycles. The Morgan fingerprint density at radius 2 is 2.00 bits per heavy atom. The second-order valence-corrected chi connectivity index (χ2v) is 6.40. The summed E-state index contributed by atoms with van der Waals surface area (Å²) in [5.41, 5.74) is 3.66. The molecule has 0 fully saturated rings. The SMILES string of the molecule is N#Cc1cccc(Cn2nc(-c3ccccc3F)c3c2CCCC3=O)c1. The van der Waals surface area contributed by atoms with Crippen LogP contribution in [0, 0.1) is 17.1 Å². The summed E-state index contributed by atoms with van der Waals surface area (Å²) in [6, 6.07) is 15.8. The summed E-state index contributed by atoms with van der Waals surface area (Å²) in [7, 11) is 0. The number of nitrogens with zero attached hydrogens (tertiary/aromatic N) is 3. The van der Waals surface area contributed by atoms with Crippen molar-refractivity contribution >= 4 is 5.78 Å². The maximum absolute atomic E-state index is 14.3. The van der Waals surface area contributed by atoms with E-state index in [4.69, 9.17) is 5.26 Å². The quantitative estimate of drug-likeness (QED) is 0.717. The lowest BCUT2D eigenvalue weighted by Gasteiger charge is -2.13. The first-order valence-corrected chi connectivity index (χ1v) is 8.54. The third-order valence-corrected chi connectivity index (χ3v) is 4.67. The fourth-order valence-electron chi connectivity index (χ4n) is 3.47. The van der Waals surface area contributed by atoms with Crippen LogP contribution in [-0.4, -0.2) is 15.6 Å². The normalized spacial score (nSPS) is 13.3. The lowest BCUT2D eigenvalue weighted by atomic mass is 9.92. The first kappa shape index (κ1) is 16.2. The van der Waals surface area contributed by atoms with Crippen LogP contribution in [0.3, 0.4) is 0 Å². The van der Waals surface area contributed by atoms with Crippen molar-refractivity contribution in [3.05, 3.63) is 76.7 Å². The van der Waals surface area contributed by atoms with Crippen molar-refractivity contribution in [3.63, 3.8) is 0 Å². The summed E-state index contributed by atoms with van der Waals surface area (Å²) in [5, 5.41) is 13.7. The predicted octanol–water partition coefficient (Wildman–Crippen LogP) is 4.13. The molecule has 0 radical (unpaired) electrons. The highest BCUT2D eigenvalue weighted by Gasteiger charge is 2.28. The zero-order valence-electron chi connectivity index (χ0n) is 14.1. The highest BCUT2D eigenvalue weighted by Crippen LogP contribution is 2.32. The lowest BCUT2D eigenvalue weighted by molar-refractivity contribution is 0.0972. The van der Waals surface area contributed by atoms with E-state index in [-0.39, 0.29) is 11.6 Å². The summed E-state index contributed by atoms with van der Waals surface area (Å²) < 4.78 is 16.1. The van der Waals surface area contributed by atoms with Crippen molar-refractivity contribution in [2.75, 3.05) is 0 Å². The van der Waals surface area contributed by atoms with Crippen molar-refractivity contribution in [3.8, 4) is 17.3 Å². The van der Waals surface area contributed by atoms with E-state index in [1.807, 2.05) is 18.2 Å². The molecule has 1 aromatic heterocycles. The Morgan fingerprint density at radius 3 is 2.81 bits per heavy atom. The van der Waals surface area contributed by atoms with Crippen LogP contribution in [0.15, 0.2) is 48.5 Å². The minimum atomic E-state index is -0.384. The molecule has 5 heteroatoms. The second-order valence-electron chi connectivity index (χ2n) is 6.40. The molecule has 0 spiro atoms. The summed E-state index contributed by atoms with van der Waals surface area (Å²) in [6.45, 7) is 0.444. The van der Waals surface area contributed by atoms with Crippen LogP contribution in [0.1, 0.15) is 40.0 Å². The maximum Gasteiger partial charge on any atom is 0.166 e. The number of carbonyl (C=O) groups is 1. The summed E-state index contributed by atoms with van der Waals surface area (Å²) in [5.74, 6) is -0.369. The van der Waals surface area contributed by atoms with Crippen LogP contribution in [-0.2, 0) is 13.0 Å². The molecule has 1 aliphatic rings. The largest absolute Gasteiger partial charge is 0.294 e. The molecule has 4 rings (SSSR count). The molecule has 3 aromatic rings. The minimum absolute atomic E-state index is 0.0153. The molecule has 2 aromatic carbocycles. The van der Waals surface area contributed by atoms with Gasteiger partial charge in [-0.15, -0.1) is 0 Å². The van der Waals surface area contributed by atoms with Crippen molar-refractivity contribution in [1.82, 2.24) is 9.78 Å². The number of Topliss-reactive ketones (excluding diaryl/α,β-unsaturated/α-hetero) is 1. The second kappa shape index (κ2) is 6.57.